The molecule has 0 aromatic heterocycles. The first-order valence-corrected chi connectivity index (χ1v) is 6.34. The lowest BCUT2D eigenvalue weighted by Crippen LogP contribution is -2.41. The minimum absolute atomic E-state index is 0.522. The summed E-state index contributed by atoms with van der Waals surface area (Å²) in [6.07, 6.45) is 5.70. The summed E-state index contributed by atoms with van der Waals surface area (Å²) in [7, 11) is 1.84. The summed E-state index contributed by atoms with van der Waals surface area (Å²) < 4.78 is 5.39. The first kappa shape index (κ1) is 11.4. The Hall–Kier alpha value is -0.120. The molecule has 0 amide bonds. The van der Waals surface area contributed by atoms with Crippen LogP contribution in [0.5, 0.6) is 0 Å². The zero-order valence-corrected chi connectivity index (χ0v) is 9.87. The molecule has 0 saturated carbocycles. The molecule has 2 heterocycles. The van der Waals surface area contributed by atoms with Crippen LogP contribution < -0.4 is 5.32 Å². The number of hydrogen-bond acceptors (Lipinski definition) is 3. The van der Waals surface area contributed by atoms with Gasteiger partial charge in [-0.05, 0) is 44.7 Å². The van der Waals surface area contributed by atoms with Crippen LogP contribution in [0, 0.1) is 5.92 Å². The molecule has 15 heavy (non-hydrogen) atoms. The Balaban J connectivity index is 1.67. The molecule has 3 nitrogen and oxygen atoms in total. The van der Waals surface area contributed by atoms with Crippen LogP contribution in [0.25, 0.3) is 0 Å². The molecule has 2 saturated heterocycles. The van der Waals surface area contributed by atoms with Crippen LogP contribution in [0.2, 0.25) is 0 Å². The third-order valence-corrected chi connectivity index (χ3v) is 3.84. The van der Waals surface area contributed by atoms with Crippen LogP contribution in [0.4, 0.5) is 0 Å². The fourth-order valence-corrected chi connectivity index (χ4v) is 2.76. The molecular weight excluding hydrogens is 188 g/mol. The van der Waals surface area contributed by atoms with E-state index in [4.69, 9.17) is 4.74 Å². The van der Waals surface area contributed by atoms with Crippen molar-refractivity contribution >= 4 is 0 Å². The van der Waals surface area contributed by atoms with Gasteiger partial charge in [-0.25, -0.2) is 0 Å². The van der Waals surface area contributed by atoms with E-state index in [1.165, 1.54) is 58.4 Å². The van der Waals surface area contributed by atoms with Crippen LogP contribution in [0.3, 0.4) is 0 Å². The SMILES string of the molecule is COC1CCN(CC2CCNCC2)CC1. The normalized spacial score (nSPS) is 27.0. The predicted molar refractivity (Wildman–Crippen MR) is 62.1 cm³/mol. The summed E-state index contributed by atoms with van der Waals surface area (Å²) >= 11 is 0. The fourth-order valence-electron chi connectivity index (χ4n) is 2.76. The first-order valence-electron chi connectivity index (χ1n) is 6.34. The van der Waals surface area contributed by atoms with Crippen molar-refractivity contribution in [2.45, 2.75) is 31.8 Å². The lowest BCUT2D eigenvalue weighted by molar-refractivity contribution is 0.0350. The molecule has 0 unspecified atom stereocenters. The molecule has 3 heteroatoms. The fraction of sp³-hybridized carbons (Fsp3) is 1.00. The molecule has 0 aromatic carbocycles. The highest BCUT2D eigenvalue weighted by molar-refractivity contribution is 4.77. The van der Waals surface area contributed by atoms with Gasteiger partial charge in [0.1, 0.15) is 0 Å². The summed E-state index contributed by atoms with van der Waals surface area (Å²) in [6, 6.07) is 0. The van der Waals surface area contributed by atoms with Crippen LogP contribution in [0.1, 0.15) is 25.7 Å². The van der Waals surface area contributed by atoms with Crippen LogP contribution in [0.15, 0.2) is 0 Å². The number of piperidine rings is 2. The van der Waals surface area contributed by atoms with E-state index in [1.54, 1.807) is 0 Å². The number of nitrogens with zero attached hydrogens (tertiary/aromatic N) is 1. The monoisotopic (exact) mass is 212 g/mol. The van der Waals surface area contributed by atoms with E-state index in [9.17, 15) is 0 Å². The Labute approximate surface area is 93.2 Å². The van der Waals surface area contributed by atoms with E-state index >= 15 is 0 Å². The Morgan fingerprint density at radius 1 is 1.13 bits per heavy atom. The van der Waals surface area contributed by atoms with Crippen molar-refractivity contribution in [3.8, 4) is 0 Å². The van der Waals surface area contributed by atoms with E-state index in [2.05, 4.69) is 10.2 Å². The van der Waals surface area contributed by atoms with Crippen molar-refractivity contribution in [1.82, 2.24) is 10.2 Å². The van der Waals surface area contributed by atoms with E-state index in [-0.39, 0.29) is 0 Å². The topological polar surface area (TPSA) is 24.5 Å². The molecule has 0 radical (unpaired) electrons. The van der Waals surface area contributed by atoms with E-state index in [0.717, 1.165) is 5.92 Å². The molecular formula is C12H24N2O. The average Bonchev–Trinajstić information content (AvgIpc) is 2.31. The van der Waals surface area contributed by atoms with Crippen LogP contribution >= 0.6 is 0 Å². The highest BCUT2D eigenvalue weighted by atomic mass is 16.5. The minimum atomic E-state index is 0.522. The molecule has 0 atom stereocenters. The van der Waals surface area contributed by atoms with E-state index in [1.807, 2.05) is 7.11 Å². The van der Waals surface area contributed by atoms with Gasteiger partial charge in [0.05, 0.1) is 6.10 Å². The summed E-state index contributed by atoms with van der Waals surface area (Å²) in [5.74, 6) is 0.936. The zero-order chi connectivity index (χ0) is 10.5. The second kappa shape index (κ2) is 5.83. The standard InChI is InChI=1S/C12H24N2O/c1-15-12-4-8-14(9-5-12)10-11-2-6-13-7-3-11/h11-13H,2-10H2,1H3. The Bertz CT molecular complexity index is 172. The largest absolute Gasteiger partial charge is 0.381 e. The van der Waals surface area contributed by atoms with Gasteiger partial charge in [0.2, 0.25) is 0 Å². The quantitative estimate of drug-likeness (QED) is 0.758. The number of methoxy groups -OCH3 is 1. The molecule has 0 aliphatic carbocycles. The third-order valence-electron chi connectivity index (χ3n) is 3.84. The average molecular weight is 212 g/mol. The lowest BCUT2D eigenvalue weighted by Gasteiger charge is -2.34. The van der Waals surface area contributed by atoms with Gasteiger partial charge in [-0.15, -0.1) is 0 Å². The Morgan fingerprint density at radius 3 is 2.40 bits per heavy atom. The maximum Gasteiger partial charge on any atom is 0.0595 e. The number of rotatable bonds is 3. The molecule has 2 fully saturated rings. The summed E-state index contributed by atoms with van der Waals surface area (Å²) in [4.78, 5) is 2.63. The number of likely N-dealkylation sites (tertiary alicyclic amines) is 1. The predicted octanol–water partition coefficient (Wildman–Crippen LogP) is 1.10. The Kier molecular flexibility index (Phi) is 4.42. The van der Waals surface area contributed by atoms with Gasteiger partial charge >= 0.3 is 0 Å². The third kappa shape index (κ3) is 3.44. The van der Waals surface area contributed by atoms with Crippen molar-refractivity contribution < 1.29 is 4.74 Å². The maximum absolute atomic E-state index is 5.39. The van der Waals surface area contributed by atoms with Crippen molar-refractivity contribution in [3.63, 3.8) is 0 Å². The lowest BCUT2D eigenvalue weighted by atomic mass is 9.96. The molecule has 2 aliphatic heterocycles. The highest BCUT2D eigenvalue weighted by Gasteiger charge is 2.22. The number of nitrogens with one attached hydrogen (secondary N) is 1. The van der Waals surface area contributed by atoms with E-state index < -0.39 is 0 Å². The molecule has 2 aliphatic rings. The highest BCUT2D eigenvalue weighted by Crippen LogP contribution is 2.18. The van der Waals surface area contributed by atoms with Crippen molar-refractivity contribution in [1.29, 1.82) is 0 Å². The van der Waals surface area contributed by atoms with Crippen molar-refractivity contribution in [2.75, 3.05) is 39.8 Å². The maximum atomic E-state index is 5.39. The van der Waals surface area contributed by atoms with Gasteiger partial charge in [-0.3, -0.25) is 0 Å². The minimum Gasteiger partial charge on any atom is -0.381 e. The summed E-state index contributed by atoms with van der Waals surface area (Å²) in [5.41, 5.74) is 0. The molecule has 88 valence electrons. The van der Waals surface area contributed by atoms with E-state index in [0.29, 0.717) is 6.10 Å². The van der Waals surface area contributed by atoms with Crippen molar-refractivity contribution in [2.24, 2.45) is 5.92 Å². The van der Waals surface area contributed by atoms with Crippen LogP contribution in [-0.2, 0) is 4.74 Å². The van der Waals surface area contributed by atoms with Gasteiger partial charge in [-0.2, -0.15) is 0 Å². The van der Waals surface area contributed by atoms with Gasteiger partial charge in [0, 0.05) is 26.7 Å². The van der Waals surface area contributed by atoms with Crippen LogP contribution in [-0.4, -0.2) is 50.8 Å². The summed E-state index contributed by atoms with van der Waals surface area (Å²) in [6.45, 7) is 6.24. The molecule has 1 N–H and O–H groups in total. The summed E-state index contributed by atoms with van der Waals surface area (Å²) in [5, 5.41) is 3.43. The Morgan fingerprint density at radius 2 is 1.80 bits per heavy atom. The molecule has 0 bridgehead atoms. The molecule has 2 rings (SSSR count). The van der Waals surface area contributed by atoms with Gasteiger partial charge < -0.3 is 15.0 Å². The second-order valence-corrected chi connectivity index (χ2v) is 4.93. The molecule has 0 aromatic rings. The van der Waals surface area contributed by atoms with Crippen molar-refractivity contribution in [3.05, 3.63) is 0 Å². The second-order valence-electron chi connectivity index (χ2n) is 4.93. The number of ether oxygens (including phenoxy) is 1. The first-order chi connectivity index (χ1) is 7.38. The smallest absolute Gasteiger partial charge is 0.0595 e. The molecule has 0 spiro atoms. The van der Waals surface area contributed by atoms with Gasteiger partial charge in [-0.1, -0.05) is 0 Å². The zero-order valence-electron chi connectivity index (χ0n) is 9.87. The number of hydrogen-bond donors (Lipinski definition) is 1. The van der Waals surface area contributed by atoms with Gasteiger partial charge in [0.15, 0.2) is 0 Å². The van der Waals surface area contributed by atoms with Gasteiger partial charge in [0.25, 0.3) is 0 Å².